The van der Waals surface area contributed by atoms with E-state index in [1.165, 1.54) is 0 Å². The summed E-state index contributed by atoms with van der Waals surface area (Å²) in [6, 6.07) is 25.5. The first-order valence-electron chi connectivity index (χ1n) is 8.53. The van der Waals surface area contributed by atoms with Gasteiger partial charge in [0.05, 0.1) is 0 Å². The molecule has 0 saturated carbocycles. The number of imidazole rings is 1. The molecule has 0 radical (unpaired) electrons. The van der Waals surface area contributed by atoms with Gasteiger partial charge in [-0.05, 0) is 0 Å². The second-order valence-corrected chi connectivity index (χ2v) is 8.25. The van der Waals surface area contributed by atoms with Gasteiger partial charge in [0, 0.05) is 0 Å². The van der Waals surface area contributed by atoms with Gasteiger partial charge in [-0.3, -0.25) is 0 Å². The van der Waals surface area contributed by atoms with E-state index in [0.29, 0.717) is 5.58 Å². The molecule has 0 amide bonds. The number of fused-ring (bicyclic) bond motifs is 2. The van der Waals surface area contributed by atoms with E-state index in [1.54, 1.807) is 6.07 Å². The number of nitrogens with zero attached hydrogens (tertiary/aromatic N) is 2. The Morgan fingerprint density at radius 3 is 2.56 bits per heavy atom. The van der Waals surface area contributed by atoms with E-state index in [1.807, 2.05) is 66.9 Å². The van der Waals surface area contributed by atoms with Gasteiger partial charge in [-0.15, -0.1) is 0 Å². The van der Waals surface area contributed by atoms with Crippen LogP contribution in [0.25, 0.3) is 27.9 Å². The summed E-state index contributed by atoms with van der Waals surface area (Å²) in [5.41, 5.74) is 3.24. The number of aromatic nitrogens is 2. The van der Waals surface area contributed by atoms with Crippen molar-refractivity contribution in [3.05, 3.63) is 95.5 Å². The van der Waals surface area contributed by atoms with Crippen molar-refractivity contribution < 1.29 is 4.42 Å². The fraction of sp³-hybridized carbons (Fsp3) is 0. The normalized spacial score (nSPS) is 11.3. The van der Waals surface area contributed by atoms with Crippen LogP contribution >= 0.6 is 0 Å². The van der Waals surface area contributed by atoms with E-state index in [2.05, 4.69) is 16.5 Å². The Morgan fingerprint density at radius 1 is 0.889 bits per heavy atom. The molecule has 0 fully saturated rings. The molecule has 130 valence electrons. The molecule has 3 aromatic heterocycles. The van der Waals surface area contributed by atoms with E-state index in [0.717, 1.165) is 31.3 Å². The Hall–Kier alpha value is -3.14. The van der Waals surface area contributed by atoms with Crippen molar-refractivity contribution in [1.82, 2.24) is 9.38 Å². The van der Waals surface area contributed by atoms with Crippen LogP contribution in [-0.2, 0) is 0 Å². The summed E-state index contributed by atoms with van der Waals surface area (Å²) in [6.45, 7) is 0. The number of hydrogen-bond donors (Lipinski definition) is 0. The Kier molecular flexibility index (Phi) is 3.89. The molecule has 0 aliphatic heterocycles. The zero-order valence-electron chi connectivity index (χ0n) is 14.2. The summed E-state index contributed by atoms with van der Waals surface area (Å²) in [4.78, 5) is 16.9. The number of pyridine rings is 1. The van der Waals surface area contributed by atoms with Gasteiger partial charge in [0.15, 0.2) is 0 Å². The molecule has 0 bridgehead atoms. The van der Waals surface area contributed by atoms with E-state index < -0.39 is 0 Å². The van der Waals surface area contributed by atoms with E-state index >= 15 is 0 Å². The van der Waals surface area contributed by atoms with Crippen LogP contribution < -0.4 is 14.7 Å². The predicted molar refractivity (Wildman–Crippen MR) is 108 cm³/mol. The number of rotatable bonds is 3. The third-order valence-electron chi connectivity index (χ3n) is 4.35. The molecular formula is C22H14N2O2Se. The molecule has 27 heavy (non-hydrogen) atoms. The molecule has 0 spiro atoms. The van der Waals surface area contributed by atoms with Crippen molar-refractivity contribution in [2.24, 2.45) is 0 Å². The second-order valence-electron chi connectivity index (χ2n) is 6.09. The summed E-state index contributed by atoms with van der Waals surface area (Å²) in [5, 5.41) is 0.974. The third-order valence-corrected chi connectivity index (χ3v) is 6.75. The monoisotopic (exact) mass is 418 g/mol. The predicted octanol–water partition coefficient (Wildman–Crippen LogP) is 2.76. The summed E-state index contributed by atoms with van der Waals surface area (Å²) in [7, 11) is 0. The zero-order chi connectivity index (χ0) is 18.2. The molecule has 0 aliphatic rings. The standard InChI is InChI=1S/C22H14N2O2Se/c25-20-14-18(16-10-4-5-11-17(16)26-20)27-22-21(15-8-2-1-3-9-15)23-19-12-6-7-13-24(19)22/h1-14H. The van der Waals surface area contributed by atoms with Gasteiger partial charge in [0.1, 0.15) is 0 Å². The van der Waals surface area contributed by atoms with Crippen molar-refractivity contribution >= 4 is 40.6 Å². The van der Waals surface area contributed by atoms with Gasteiger partial charge in [-0.25, -0.2) is 0 Å². The number of benzene rings is 2. The van der Waals surface area contributed by atoms with Crippen LogP contribution in [0.1, 0.15) is 0 Å². The first-order valence-corrected chi connectivity index (χ1v) is 10.2. The molecular weight excluding hydrogens is 403 g/mol. The van der Waals surface area contributed by atoms with Crippen LogP contribution in [0.2, 0.25) is 0 Å². The van der Waals surface area contributed by atoms with Crippen LogP contribution in [0.15, 0.2) is 94.3 Å². The van der Waals surface area contributed by atoms with Gasteiger partial charge in [-0.2, -0.15) is 0 Å². The van der Waals surface area contributed by atoms with Crippen LogP contribution in [0.3, 0.4) is 0 Å². The Balaban J connectivity index is 1.76. The first kappa shape index (κ1) is 16.1. The quantitative estimate of drug-likeness (QED) is 0.335. The molecule has 0 aliphatic carbocycles. The summed E-state index contributed by atoms with van der Waals surface area (Å²) in [6.07, 6.45) is 2.03. The van der Waals surface area contributed by atoms with Gasteiger partial charge in [0.25, 0.3) is 0 Å². The van der Waals surface area contributed by atoms with Crippen molar-refractivity contribution in [3.8, 4) is 11.3 Å². The molecule has 0 saturated heterocycles. The molecule has 5 rings (SSSR count). The van der Waals surface area contributed by atoms with Crippen LogP contribution in [0.4, 0.5) is 0 Å². The molecule has 5 heteroatoms. The number of para-hydroxylation sites is 1. The third kappa shape index (κ3) is 2.87. The summed E-state index contributed by atoms with van der Waals surface area (Å²) >= 11 is -0.124. The molecule has 3 heterocycles. The van der Waals surface area contributed by atoms with E-state index in [-0.39, 0.29) is 20.6 Å². The maximum atomic E-state index is 12.1. The van der Waals surface area contributed by atoms with E-state index in [4.69, 9.17) is 9.40 Å². The van der Waals surface area contributed by atoms with Gasteiger partial charge in [0.2, 0.25) is 0 Å². The van der Waals surface area contributed by atoms with Crippen molar-refractivity contribution in [1.29, 1.82) is 0 Å². The molecule has 2 aromatic carbocycles. The SMILES string of the molecule is O=c1cc([Se]c2c(-c3ccccc3)nc3ccccn23)c2ccccc2o1. The van der Waals surface area contributed by atoms with Crippen molar-refractivity contribution in [2.45, 2.75) is 0 Å². The average molecular weight is 417 g/mol. The summed E-state index contributed by atoms with van der Waals surface area (Å²) in [5.74, 6) is 0. The fourth-order valence-corrected chi connectivity index (χ4v) is 5.55. The molecule has 0 atom stereocenters. The van der Waals surface area contributed by atoms with E-state index in [9.17, 15) is 4.79 Å². The Morgan fingerprint density at radius 2 is 1.67 bits per heavy atom. The van der Waals surface area contributed by atoms with Crippen LogP contribution in [0, 0.1) is 0 Å². The topological polar surface area (TPSA) is 47.5 Å². The van der Waals surface area contributed by atoms with Crippen LogP contribution in [0.5, 0.6) is 0 Å². The maximum absolute atomic E-state index is 12.1. The van der Waals surface area contributed by atoms with Crippen molar-refractivity contribution in [2.75, 3.05) is 0 Å². The van der Waals surface area contributed by atoms with Crippen LogP contribution in [-0.4, -0.2) is 24.3 Å². The van der Waals surface area contributed by atoms with Gasteiger partial charge < -0.3 is 0 Å². The molecule has 5 aromatic rings. The number of hydrogen-bond acceptors (Lipinski definition) is 3. The molecule has 0 unspecified atom stereocenters. The minimum atomic E-state index is -0.319. The average Bonchev–Trinajstić information content (AvgIpc) is 3.07. The minimum absolute atomic E-state index is 0.124. The molecule has 4 nitrogen and oxygen atoms in total. The van der Waals surface area contributed by atoms with Gasteiger partial charge >= 0.3 is 161 Å². The second kappa shape index (κ2) is 6.54. The van der Waals surface area contributed by atoms with Crippen molar-refractivity contribution in [3.63, 3.8) is 0 Å². The first-order chi connectivity index (χ1) is 13.3. The molecule has 0 N–H and O–H groups in total. The van der Waals surface area contributed by atoms with Gasteiger partial charge in [-0.1, -0.05) is 0 Å². The fourth-order valence-electron chi connectivity index (χ4n) is 3.13. The zero-order valence-corrected chi connectivity index (χ0v) is 15.9. The Bertz CT molecular complexity index is 1320. The Labute approximate surface area is 161 Å². The summed E-state index contributed by atoms with van der Waals surface area (Å²) < 4.78 is 9.58.